The van der Waals surface area contributed by atoms with Gasteiger partial charge in [-0.15, -0.1) is 0 Å². The van der Waals surface area contributed by atoms with Gasteiger partial charge in [-0.25, -0.2) is 0 Å². The van der Waals surface area contributed by atoms with E-state index in [1.54, 1.807) is 0 Å². The van der Waals surface area contributed by atoms with Gasteiger partial charge in [0.25, 0.3) is 0 Å². The standard InChI is InChI=1S/C7H13N3/c1-2-6-7(9-3-1)4-8-5-10-6/h8-10H,1-5H2. The van der Waals surface area contributed by atoms with Crippen molar-refractivity contribution in [3.63, 3.8) is 0 Å². The van der Waals surface area contributed by atoms with E-state index in [1.165, 1.54) is 24.2 Å². The summed E-state index contributed by atoms with van der Waals surface area (Å²) in [6, 6.07) is 0. The summed E-state index contributed by atoms with van der Waals surface area (Å²) in [6.45, 7) is 3.09. The van der Waals surface area contributed by atoms with Crippen LogP contribution in [0.15, 0.2) is 11.4 Å². The molecule has 0 aromatic carbocycles. The molecule has 2 aliphatic heterocycles. The molecule has 0 spiro atoms. The normalized spacial score (nSPS) is 24.8. The van der Waals surface area contributed by atoms with Crippen LogP contribution in [0, 0.1) is 0 Å². The lowest BCUT2D eigenvalue weighted by molar-refractivity contribution is 0.516. The van der Waals surface area contributed by atoms with Gasteiger partial charge in [0, 0.05) is 24.5 Å². The van der Waals surface area contributed by atoms with E-state index in [0.29, 0.717) is 0 Å². The Balaban J connectivity index is 2.14. The minimum atomic E-state index is 0.931. The Morgan fingerprint density at radius 3 is 3.00 bits per heavy atom. The average Bonchev–Trinajstić information content (AvgIpc) is 2.05. The summed E-state index contributed by atoms with van der Waals surface area (Å²) >= 11 is 0. The highest BCUT2D eigenvalue weighted by Gasteiger charge is 2.13. The topological polar surface area (TPSA) is 36.1 Å². The first-order valence-corrected chi connectivity index (χ1v) is 3.87. The van der Waals surface area contributed by atoms with Crippen molar-refractivity contribution in [1.29, 1.82) is 0 Å². The Kier molecular flexibility index (Phi) is 1.51. The van der Waals surface area contributed by atoms with Crippen molar-refractivity contribution in [3.8, 4) is 0 Å². The molecule has 56 valence electrons. The van der Waals surface area contributed by atoms with Crippen LogP contribution in [0.25, 0.3) is 0 Å². The van der Waals surface area contributed by atoms with E-state index < -0.39 is 0 Å². The molecule has 0 amide bonds. The molecular formula is C7H13N3. The summed E-state index contributed by atoms with van der Waals surface area (Å²) in [7, 11) is 0. The van der Waals surface area contributed by atoms with Gasteiger partial charge in [0.1, 0.15) is 0 Å². The first-order valence-electron chi connectivity index (χ1n) is 3.87. The molecule has 0 aliphatic carbocycles. The molecule has 0 atom stereocenters. The number of rotatable bonds is 0. The van der Waals surface area contributed by atoms with Crippen LogP contribution in [0.1, 0.15) is 12.8 Å². The molecule has 0 saturated heterocycles. The molecule has 2 heterocycles. The molecular weight excluding hydrogens is 126 g/mol. The molecule has 0 bridgehead atoms. The molecule has 3 heteroatoms. The van der Waals surface area contributed by atoms with Gasteiger partial charge in [-0.2, -0.15) is 0 Å². The molecule has 10 heavy (non-hydrogen) atoms. The maximum absolute atomic E-state index is 3.38. The Labute approximate surface area is 60.9 Å². The molecule has 2 aliphatic rings. The molecule has 2 rings (SSSR count). The van der Waals surface area contributed by atoms with Gasteiger partial charge in [-0.3, -0.25) is 5.32 Å². The van der Waals surface area contributed by atoms with Crippen molar-refractivity contribution in [3.05, 3.63) is 11.4 Å². The second kappa shape index (κ2) is 2.50. The van der Waals surface area contributed by atoms with E-state index >= 15 is 0 Å². The summed E-state index contributed by atoms with van der Waals surface area (Å²) in [5, 5.41) is 9.96. The van der Waals surface area contributed by atoms with E-state index in [2.05, 4.69) is 16.0 Å². The van der Waals surface area contributed by atoms with Gasteiger partial charge < -0.3 is 10.6 Å². The van der Waals surface area contributed by atoms with Crippen molar-refractivity contribution < 1.29 is 0 Å². The fraction of sp³-hybridized carbons (Fsp3) is 0.714. The second-order valence-corrected chi connectivity index (χ2v) is 2.77. The predicted molar refractivity (Wildman–Crippen MR) is 40.3 cm³/mol. The highest BCUT2D eigenvalue weighted by atomic mass is 15.1. The monoisotopic (exact) mass is 139 g/mol. The van der Waals surface area contributed by atoms with Crippen LogP contribution in [0.2, 0.25) is 0 Å². The Morgan fingerprint density at radius 1 is 1.10 bits per heavy atom. The number of allylic oxidation sites excluding steroid dienone is 1. The molecule has 3 nitrogen and oxygen atoms in total. The van der Waals surface area contributed by atoms with Crippen LogP contribution in [0.3, 0.4) is 0 Å². The van der Waals surface area contributed by atoms with Crippen LogP contribution < -0.4 is 16.0 Å². The van der Waals surface area contributed by atoms with Crippen LogP contribution >= 0.6 is 0 Å². The first kappa shape index (κ1) is 6.04. The molecule has 0 radical (unpaired) electrons. The fourth-order valence-corrected chi connectivity index (χ4v) is 1.48. The zero-order chi connectivity index (χ0) is 6.81. The summed E-state index contributed by atoms with van der Waals surface area (Å²) in [5.41, 5.74) is 2.79. The third-order valence-corrected chi connectivity index (χ3v) is 2.03. The van der Waals surface area contributed by atoms with E-state index in [0.717, 1.165) is 19.8 Å². The van der Waals surface area contributed by atoms with Gasteiger partial charge in [-0.1, -0.05) is 0 Å². The van der Waals surface area contributed by atoms with Crippen LogP contribution in [-0.2, 0) is 0 Å². The molecule has 0 unspecified atom stereocenters. The first-order chi connectivity index (χ1) is 4.97. The third kappa shape index (κ3) is 0.968. The van der Waals surface area contributed by atoms with E-state index in [-0.39, 0.29) is 0 Å². The summed E-state index contributed by atoms with van der Waals surface area (Å²) in [6.07, 6.45) is 2.50. The summed E-state index contributed by atoms with van der Waals surface area (Å²) < 4.78 is 0. The molecule has 0 aromatic heterocycles. The lowest BCUT2D eigenvalue weighted by Gasteiger charge is -2.27. The van der Waals surface area contributed by atoms with Crippen LogP contribution in [-0.4, -0.2) is 19.8 Å². The third-order valence-electron chi connectivity index (χ3n) is 2.03. The zero-order valence-corrected chi connectivity index (χ0v) is 6.04. The van der Waals surface area contributed by atoms with Crippen molar-refractivity contribution >= 4 is 0 Å². The quantitative estimate of drug-likeness (QED) is 0.432. The van der Waals surface area contributed by atoms with Gasteiger partial charge in [0.05, 0.1) is 6.67 Å². The molecule has 0 saturated carbocycles. The molecule has 0 aromatic rings. The Hall–Kier alpha value is -0.700. The van der Waals surface area contributed by atoms with Crippen molar-refractivity contribution in [2.24, 2.45) is 0 Å². The van der Waals surface area contributed by atoms with Gasteiger partial charge in [0.15, 0.2) is 0 Å². The highest BCUT2D eigenvalue weighted by Crippen LogP contribution is 2.12. The maximum Gasteiger partial charge on any atom is 0.0654 e. The smallest absolute Gasteiger partial charge is 0.0654 e. The average molecular weight is 139 g/mol. The SMILES string of the molecule is C1CNC2=C(C1)NCNC2. The fourth-order valence-electron chi connectivity index (χ4n) is 1.48. The van der Waals surface area contributed by atoms with Gasteiger partial charge in [-0.05, 0) is 12.8 Å². The van der Waals surface area contributed by atoms with Crippen molar-refractivity contribution in [1.82, 2.24) is 16.0 Å². The lowest BCUT2D eigenvalue weighted by Crippen LogP contribution is -2.43. The number of hydrogen-bond donors (Lipinski definition) is 3. The lowest BCUT2D eigenvalue weighted by atomic mass is 10.1. The van der Waals surface area contributed by atoms with Gasteiger partial charge in [0.2, 0.25) is 0 Å². The minimum Gasteiger partial charge on any atom is -0.386 e. The number of nitrogens with one attached hydrogen (secondary N) is 3. The minimum absolute atomic E-state index is 0.931. The van der Waals surface area contributed by atoms with Crippen LogP contribution in [0.5, 0.6) is 0 Å². The molecule has 0 fully saturated rings. The van der Waals surface area contributed by atoms with E-state index in [4.69, 9.17) is 0 Å². The Bertz CT molecular complexity index is 128. The summed E-state index contributed by atoms with van der Waals surface area (Å²) in [5.74, 6) is 0. The predicted octanol–water partition coefficient (Wildman–Crippen LogP) is -0.268. The number of hydrogen-bond acceptors (Lipinski definition) is 3. The van der Waals surface area contributed by atoms with Crippen molar-refractivity contribution in [2.75, 3.05) is 19.8 Å². The van der Waals surface area contributed by atoms with Crippen molar-refractivity contribution in [2.45, 2.75) is 12.8 Å². The second-order valence-electron chi connectivity index (χ2n) is 2.77. The Morgan fingerprint density at radius 2 is 2.10 bits per heavy atom. The zero-order valence-electron chi connectivity index (χ0n) is 6.04. The largest absolute Gasteiger partial charge is 0.386 e. The summed E-state index contributed by atoms with van der Waals surface area (Å²) in [4.78, 5) is 0. The molecule has 3 N–H and O–H groups in total. The van der Waals surface area contributed by atoms with E-state index in [9.17, 15) is 0 Å². The maximum atomic E-state index is 3.38. The van der Waals surface area contributed by atoms with Crippen LogP contribution in [0.4, 0.5) is 0 Å². The highest BCUT2D eigenvalue weighted by molar-refractivity contribution is 5.17. The van der Waals surface area contributed by atoms with Gasteiger partial charge >= 0.3 is 0 Å². The van der Waals surface area contributed by atoms with E-state index in [1.807, 2.05) is 0 Å².